The van der Waals surface area contributed by atoms with E-state index < -0.39 is 5.66 Å². The van der Waals surface area contributed by atoms with Gasteiger partial charge in [0.1, 0.15) is 10.8 Å². The highest BCUT2D eigenvalue weighted by molar-refractivity contribution is 7.11. The van der Waals surface area contributed by atoms with Crippen LogP contribution in [0.15, 0.2) is 17.4 Å². The molecule has 2 aromatic heterocycles. The van der Waals surface area contributed by atoms with Gasteiger partial charge in [0.25, 0.3) is 0 Å². The molecule has 0 bridgehead atoms. The van der Waals surface area contributed by atoms with Crippen LogP contribution in [0.2, 0.25) is 0 Å². The van der Waals surface area contributed by atoms with Crippen molar-refractivity contribution in [3.05, 3.63) is 27.8 Å². The van der Waals surface area contributed by atoms with Gasteiger partial charge in [-0.2, -0.15) is 5.10 Å². The molecule has 9 heteroatoms. The van der Waals surface area contributed by atoms with Gasteiger partial charge in [-0.05, 0) is 32.9 Å². The van der Waals surface area contributed by atoms with Crippen molar-refractivity contribution in [3.63, 3.8) is 0 Å². The average molecular weight is 332 g/mol. The van der Waals surface area contributed by atoms with Gasteiger partial charge in [0.2, 0.25) is 0 Å². The van der Waals surface area contributed by atoms with Crippen LogP contribution in [0.3, 0.4) is 0 Å². The zero-order valence-electron chi connectivity index (χ0n) is 12.9. The number of nitrogens with zero attached hydrogens (tertiary/aromatic N) is 4. The van der Waals surface area contributed by atoms with Crippen LogP contribution in [0.1, 0.15) is 34.3 Å². The molecule has 1 atom stereocenters. The van der Waals surface area contributed by atoms with Gasteiger partial charge >= 0.3 is 0 Å². The number of guanidine groups is 1. The summed E-state index contributed by atoms with van der Waals surface area (Å²) < 4.78 is 2.00. The van der Waals surface area contributed by atoms with Crippen LogP contribution < -0.4 is 22.1 Å². The molecule has 2 aromatic rings. The number of fused-ring (bicyclic) bond motifs is 1. The first-order valence-electron chi connectivity index (χ1n) is 7.71. The molecule has 6 N–H and O–H groups in total. The van der Waals surface area contributed by atoms with Gasteiger partial charge in [-0.3, -0.25) is 5.73 Å². The molecule has 23 heavy (non-hydrogen) atoms. The summed E-state index contributed by atoms with van der Waals surface area (Å²) in [7, 11) is 0. The first-order chi connectivity index (χ1) is 11.1. The Morgan fingerprint density at radius 1 is 1.35 bits per heavy atom. The number of rotatable bonds is 2. The van der Waals surface area contributed by atoms with Crippen LogP contribution >= 0.6 is 11.3 Å². The fraction of sp³-hybridized carbons (Fsp3) is 0.500. The molecule has 0 aromatic carbocycles. The summed E-state index contributed by atoms with van der Waals surface area (Å²) in [5.74, 6) is 1.13. The van der Waals surface area contributed by atoms with Crippen molar-refractivity contribution >= 4 is 23.1 Å². The minimum absolute atomic E-state index is 0.295. The number of hydrogen-bond acceptors (Lipinski definition) is 8. The number of hydrogen-bond donors (Lipinski definition) is 4. The van der Waals surface area contributed by atoms with Crippen LogP contribution in [0.25, 0.3) is 0 Å². The topological polar surface area (TPSA) is 119 Å². The lowest BCUT2D eigenvalue weighted by Crippen LogP contribution is -2.44. The molecule has 4 heterocycles. The first-order valence-corrected chi connectivity index (χ1v) is 8.52. The molecule has 0 amide bonds. The van der Waals surface area contributed by atoms with E-state index in [0.29, 0.717) is 12.0 Å². The third-order valence-electron chi connectivity index (χ3n) is 4.35. The quantitative estimate of drug-likeness (QED) is 0.635. The van der Waals surface area contributed by atoms with E-state index in [0.717, 1.165) is 47.2 Å². The molecule has 0 aliphatic carbocycles. The van der Waals surface area contributed by atoms with Gasteiger partial charge in [0, 0.05) is 11.1 Å². The zero-order chi connectivity index (χ0) is 16.0. The van der Waals surface area contributed by atoms with Gasteiger partial charge in [-0.1, -0.05) is 0 Å². The summed E-state index contributed by atoms with van der Waals surface area (Å²) in [5, 5.41) is 11.8. The van der Waals surface area contributed by atoms with Crippen molar-refractivity contribution in [1.82, 2.24) is 20.1 Å². The minimum Gasteiger partial charge on any atom is -0.370 e. The standard InChI is InChI=1S/C14H20N8S/c1-8-6-18-12(23-8)14(16)10-7-19-22(9-2-4-17-5-3-9)11(10)20-13(15)21-14/h6-7,9,17H,2-5,16H2,1H3,(H3,15,20,21). The maximum absolute atomic E-state index is 6.61. The van der Waals surface area contributed by atoms with Crippen molar-refractivity contribution in [3.8, 4) is 0 Å². The summed E-state index contributed by atoms with van der Waals surface area (Å²) in [4.78, 5) is 9.95. The van der Waals surface area contributed by atoms with E-state index in [4.69, 9.17) is 11.5 Å². The molecule has 0 spiro atoms. The van der Waals surface area contributed by atoms with E-state index in [1.54, 1.807) is 12.4 Å². The Balaban J connectivity index is 1.80. The monoisotopic (exact) mass is 332 g/mol. The number of piperidine rings is 1. The Bertz CT molecular complexity index is 757. The largest absolute Gasteiger partial charge is 0.370 e. The Labute approximate surface area is 138 Å². The molecule has 1 unspecified atom stereocenters. The molecule has 122 valence electrons. The predicted molar refractivity (Wildman–Crippen MR) is 90.4 cm³/mol. The van der Waals surface area contributed by atoms with E-state index in [1.807, 2.05) is 11.6 Å². The van der Waals surface area contributed by atoms with Gasteiger partial charge in [-0.15, -0.1) is 11.3 Å². The normalized spacial score (nSPS) is 24.9. The summed E-state index contributed by atoms with van der Waals surface area (Å²) in [5.41, 5.74) is 12.4. The van der Waals surface area contributed by atoms with Crippen LogP contribution in [0, 0.1) is 6.92 Å². The average Bonchev–Trinajstić information content (AvgIpc) is 3.15. The highest BCUT2D eigenvalue weighted by atomic mass is 32.1. The van der Waals surface area contributed by atoms with E-state index in [9.17, 15) is 0 Å². The highest BCUT2D eigenvalue weighted by Gasteiger charge is 2.41. The summed E-state index contributed by atoms with van der Waals surface area (Å²) in [6.07, 6.45) is 5.65. The van der Waals surface area contributed by atoms with E-state index in [1.165, 1.54) is 11.3 Å². The maximum atomic E-state index is 6.61. The molecule has 2 aliphatic rings. The third kappa shape index (κ3) is 2.32. The Morgan fingerprint density at radius 2 is 2.13 bits per heavy atom. The third-order valence-corrected chi connectivity index (χ3v) is 5.39. The molecule has 1 saturated heterocycles. The number of nitrogens with two attached hydrogens (primary N) is 2. The van der Waals surface area contributed by atoms with Crippen LogP contribution in [-0.2, 0) is 5.66 Å². The first kappa shape index (κ1) is 14.6. The van der Waals surface area contributed by atoms with Gasteiger partial charge in [0.15, 0.2) is 11.6 Å². The van der Waals surface area contributed by atoms with Crippen LogP contribution in [0.5, 0.6) is 0 Å². The van der Waals surface area contributed by atoms with Crippen molar-refractivity contribution in [1.29, 1.82) is 0 Å². The number of nitrogens with one attached hydrogen (secondary N) is 2. The number of aliphatic imine (C=N–C) groups is 1. The van der Waals surface area contributed by atoms with Crippen molar-refractivity contribution < 1.29 is 0 Å². The molecule has 0 saturated carbocycles. The molecule has 8 nitrogen and oxygen atoms in total. The molecule has 0 radical (unpaired) electrons. The Morgan fingerprint density at radius 3 is 2.83 bits per heavy atom. The number of aryl methyl sites for hydroxylation is 1. The number of anilines is 1. The van der Waals surface area contributed by atoms with Gasteiger partial charge in [0.05, 0.1) is 17.8 Å². The van der Waals surface area contributed by atoms with Crippen molar-refractivity contribution in [2.75, 3.05) is 18.4 Å². The summed E-state index contributed by atoms with van der Waals surface area (Å²) in [6, 6.07) is 0.334. The second kappa shape index (κ2) is 5.29. The highest BCUT2D eigenvalue weighted by Crippen LogP contribution is 2.39. The molecular formula is C14H20N8S. The lowest BCUT2D eigenvalue weighted by Gasteiger charge is -2.30. The lowest BCUT2D eigenvalue weighted by molar-refractivity contribution is 0.346. The molecular weight excluding hydrogens is 312 g/mol. The van der Waals surface area contributed by atoms with E-state index >= 15 is 0 Å². The fourth-order valence-corrected chi connectivity index (χ4v) is 4.01. The second-order valence-electron chi connectivity index (χ2n) is 6.00. The van der Waals surface area contributed by atoms with Crippen LogP contribution in [-0.4, -0.2) is 33.8 Å². The minimum atomic E-state index is -1.07. The molecule has 2 aliphatic heterocycles. The SMILES string of the molecule is Cc1cnc(C2(N)N=C(N)Nc3c2cnn3C2CCNCC2)s1. The van der Waals surface area contributed by atoms with Gasteiger partial charge in [-0.25, -0.2) is 14.7 Å². The Hall–Kier alpha value is -1.97. The van der Waals surface area contributed by atoms with E-state index in [-0.39, 0.29) is 0 Å². The van der Waals surface area contributed by atoms with Gasteiger partial charge < -0.3 is 16.4 Å². The molecule has 4 rings (SSSR count). The predicted octanol–water partition coefficient (Wildman–Crippen LogP) is 0.473. The summed E-state index contributed by atoms with van der Waals surface area (Å²) >= 11 is 1.53. The Kier molecular flexibility index (Phi) is 3.36. The van der Waals surface area contributed by atoms with Crippen molar-refractivity contribution in [2.45, 2.75) is 31.5 Å². The van der Waals surface area contributed by atoms with E-state index in [2.05, 4.69) is 25.7 Å². The second-order valence-corrected chi connectivity index (χ2v) is 7.23. The zero-order valence-corrected chi connectivity index (χ0v) is 13.7. The van der Waals surface area contributed by atoms with Crippen molar-refractivity contribution in [2.24, 2.45) is 16.5 Å². The van der Waals surface area contributed by atoms with Crippen LogP contribution in [0.4, 0.5) is 5.82 Å². The number of thiazole rings is 1. The molecule has 1 fully saturated rings. The maximum Gasteiger partial charge on any atom is 0.196 e. The fourth-order valence-electron chi connectivity index (χ4n) is 3.19. The smallest absolute Gasteiger partial charge is 0.196 e. The summed E-state index contributed by atoms with van der Waals surface area (Å²) in [6.45, 7) is 3.97. The lowest BCUT2D eigenvalue weighted by atomic mass is 10.0. The number of aromatic nitrogens is 3.